The van der Waals surface area contributed by atoms with E-state index in [-0.39, 0.29) is 5.60 Å². The fourth-order valence-corrected chi connectivity index (χ4v) is 1.24. The molecular weight excluding hydrogens is 190 g/mol. The normalized spacial score (nSPS) is 12.0. The smallest absolute Gasteiger partial charge is 0.0751 e. The Hall–Kier alpha value is -0.120. The quantitative estimate of drug-likeness (QED) is 0.569. The highest BCUT2D eigenvalue weighted by Crippen LogP contribution is 2.06. The predicted octanol–water partition coefficient (Wildman–Crippen LogP) is 2.21. The SMILES string of the molecule is CCCNCC(C)(C)OCCOCCC. The monoisotopic (exact) mass is 217 g/mol. The summed E-state index contributed by atoms with van der Waals surface area (Å²) in [6, 6.07) is 0. The average Bonchev–Trinajstić information content (AvgIpc) is 2.17. The van der Waals surface area contributed by atoms with Crippen molar-refractivity contribution < 1.29 is 9.47 Å². The van der Waals surface area contributed by atoms with Crippen LogP contribution in [0, 0.1) is 0 Å². The Morgan fingerprint density at radius 1 is 1.00 bits per heavy atom. The molecular formula is C12H27NO2. The van der Waals surface area contributed by atoms with Gasteiger partial charge in [0.1, 0.15) is 0 Å². The van der Waals surface area contributed by atoms with Crippen molar-refractivity contribution in [2.45, 2.75) is 46.1 Å². The molecule has 0 atom stereocenters. The second kappa shape index (κ2) is 9.13. The van der Waals surface area contributed by atoms with E-state index in [9.17, 15) is 0 Å². The molecule has 1 N–H and O–H groups in total. The van der Waals surface area contributed by atoms with Crippen molar-refractivity contribution in [1.82, 2.24) is 5.32 Å². The van der Waals surface area contributed by atoms with Crippen LogP contribution in [0.2, 0.25) is 0 Å². The van der Waals surface area contributed by atoms with E-state index in [0.29, 0.717) is 13.2 Å². The first-order valence-corrected chi connectivity index (χ1v) is 6.05. The molecule has 0 aromatic rings. The first kappa shape index (κ1) is 14.9. The minimum Gasteiger partial charge on any atom is -0.379 e. The average molecular weight is 217 g/mol. The molecule has 0 fully saturated rings. The van der Waals surface area contributed by atoms with Crippen LogP contribution in [0.5, 0.6) is 0 Å². The summed E-state index contributed by atoms with van der Waals surface area (Å²) in [5.41, 5.74) is -0.0925. The minimum atomic E-state index is -0.0925. The molecule has 0 rings (SSSR count). The summed E-state index contributed by atoms with van der Waals surface area (Å²) in [5, 5.41) is 3.36. The van der Waals surface area contributed by atoms with Crippen LogP contribution in [0.4, 0.5) is 0 Å². The topological polar surface area (TPSA) is 30.5 Å². The second-order valence-electron chi connectivity index (χ2n) is 4.40. The van der Waals surface area contributed by atoms with E-state index in [4.69, 9.17) is 9.47 Å². The van der Waals surface area contributed by atoms with Gasteiger partial charge in [0.2, 0.25) is 0 Å². The molecule has 15 heavy (non-hydrogen) atoms. The number of nitrogens with one attached hydrogen (secondary N) is 1. The molecule has 0 aromatic heterocycles. The van der Waals surface area contributed by atoms with Crippen LogP contribution in [-0.4, -0.2) is 38.5 Å². The van der Waals surface area contributed by atoms with E-state index in [2.05, 4.69) is 33.0 Å². The largest absolute Gasteiger partial charge is 0.379 e. The molecule has 3 nitrogen and oxygen atoms in total. The fraction of sp³-hybridized carbons (Fsp3) is 1.00. The lowest BCUT2D eigenvalue weighted by atomic mass is 10.1. The number of hydrogen-bond acceptors (Lipinski definition) is 3. The van der Waals surface area contributed by atoms with Crippen molar-refractivity contribution in [1.29, 1.82) is 0 Å². The first-order valence-electron chi connectivity index (χ1n) is 6.05. The molecule has 3 heteroatoms. The summed E-state index contributed by atoms with van der Waals surface area (Å²) in [6.07, 6.45) is 2.23. The van der Waals surface area contributed by atoms with E-state index >= 15 is 0 Å². The third-order valence-corrected chi connectivity index (χ3v) is 2.05. The first-order chi connectivity index (χ1) is 7.12. The zero-order valence-electron chi connectivity index (χ0n) is 10.8. The van der Waals surface area contributed by atoms with Crippen LogP contribution >= 0.6 is 0 Å². The lowest BCUT2D eigenvalue weighted by Gasteiger charge is -2.25. The molecule has 0 saturated heterocycles. The van der Waals surface area contributed by atoms with Crippen molar-refractivity contribution >= 4 is 0 Å². The maximum absolute atomic E-state index is 5.74. The highest BCUT2D eigenvalue weighted by molar-refractivity contribution is 4.71. The van der Waals surface area contributed by atoms with Gasteiger partial charge in [-0.25, -0.2) is 0 Å². The Morgan fingerprint density at radius 3 is 2.33 bits per heavy atom. The van der Waals surface area contributed by atoms with Gasteiger partial charge in [-0.1, -0.05) is 13.8 Å². The summed E-state index contributed by atoms with van der Waals surface area (Å²) in [7, 11) is 0. The van der Waals surface area contributed by atoms with Crippen molar-refractivity contribution in [2.24, 2.45) is 0 Å². The standard InChI is InChI=1S/C12H27NO2/c1-5-7-13-11-12(3,4)15-10-9-14-8-6-2/h13H,5-11H2,1-4H3. The summed E-state index contributed by atoms with van der Waals surface area (Å²) >= 11 is 0. The molecule has 0 aliphatic heterocycles. The van der Waals surface area contributed by atoms with Crippen molar-refractivity contribution in [2.75, 3.05) is 32.9 Å². The van der Waals surface area contributed by atoms with E-state index in [1.54, 1.807) is 0 Å². The van der Waals surface area contributed by atoms with Gasteiger partial charge in [-0.05, 0) is 33.2 Å². The Kier molecular flexibility index (Phi) is 9.06. The van der Waals surface area contributed by atoms with Crippen LogP contribution in [0.15, 0.2) is 0 Å². The van der Waals surface area contributed by atoms with Crippen LogP contribution in [-0.2, 0) is 9.47 Å². The van der Waals surface area contributed by atoms with Crippen molar-refractivity contribution in [3.63, 3.8) is 0 Å². The molecule has 0 spiro atoms. The molecule has 0 heterocycles. The van der Waals surface area contributed by atoms with Crippen molar-refractivity contribution in [3.8, 4) is 0 Å². The molecule has 0 aliphatic rings. The summed E-state index contributed by atoms with van der Waals surface area (Å²) < 4.78 is 11.1. The molecule has 0 unspecified atom stereocenters. The summed E-state index contributed by atoms with van der Waals surface area (Å²) in [4.78, 5) is 0. The van der Waals surface area contributed by atoms with Gasteiger partial charge in [-0.3, -0.25) is 0 Å². The summed E-state index contributed by atoms with van der Waals surface area (Å²) in [6.45, 7) is 12.7. The molecule has 0 bridgehead atoms. The third kappa shape index (κ3) is 10.2. The Labute approximate surface area is 94.5 Å². The molecule has 0 amide bonds. The highest BCUT2D eigenvalue weighted by Gasteiger charge is 2.16. The van der Waals surface area contributed by atoms with Gasteiger partial charge < -0.3 is 14.8 Å². The lowest BCUT2D eigenvalue weighted by molar-refractivity contribution is -0.0443. The van der Waals surface area contributed by atoms with Gasteiger partial charge in [-0.15, -0.1) is 0 Å². The van der Waals surface area contributed by atoms with Crippen LogP contribution in [0.25, 0.3) is 0 Å². The fourth-order valence-electron chi connectivity index (χ4n) is 1.24. The minimum absolute atomic E-state index is 0.0925. The third-order valence-electron chi connectivity index (χ3n) is 2.05. The lowest BCUT2D eigenvalue weighted by Crippen LogP contribution is -2.38. The Morgan fingerprint density at radius 2 is 1.73 bits per heavy atom. The molecule has 0 aliphatic carbocycles. The van der Waals surface area contributed by atoms with E-state index < -0.39 is 0 Å². The maximum atomic E-state index is 5.74. The van der Waals surface area contributed by atoms with Gasteiger partial charge in [-0.2, -0.15) is 0 Å². The van der Waals surface area contributed by atoms with Gasteiger partial charge in [0, 0.05) is 13.2 Å². The number of rotatable bonds is 10. The summed E-state index contributed by atoms with van der Waals surface area (Å²) in [5.74, 6) is 0. The van der Waals surface area contributed by atoms with Gasteiger partial charge in [0.05, 0.1) is 18.8 Å². The number of hydrogen-bond donors (Lipinski definition) is 1. The second-order valence-corrected chi connectivity index (χ2v) is 4.40. The molecule has 92 valence electrons. The number of ether oxygens (including phenoxy) is 2. The van der Waals surface area contributed by atoms with Crippen molar-refractivity contribution in [3.05, 3.63) is 0 Å². The Bertz CT molecular complexity index is 138. The molecule has 0 saturated carbocycles. The maximum Gasteiger partial charge on any atom is 0.0751 e. The Balaban J connectivity index is 3.38. The van der Waals surface area contributed by atoms with E-state index in [1.807, 2.05) is 0 Å². The van der Waals surface area contributed by atoms with E-state index in [1.165, 1.54) is 0 Å². The van der Waals surface area contributed by atoms with Crippen LogP contribution < -0.4 is 5.32 Å². The van der Waals surface area contributed by atoms with Crippen LogP contribution in [0.1, 0.15) is 40.5 Å². The molecule has 0 aromatic carbocycles. The van der Waals surface area contributed by atoms with Crippen LogP contribution in [0.3, 0.4) is 0 Å². The molecule has 0 radical (unpaired) electrons. The van der Waals surface area contributed by atoms with Gasteiger partial charge in [0.25, 0.3) is 0 Å². The van der Waals surface area contributed by atoms with E-state index in [0.717, 1.165) is 32.5 Å². The van der Waals surface area contributed by atoms with Gasteiger partial charge >= 0.3 is 0 Å². The van der Waals surface area contributed by atoms with Gasteiger partial charge in [0.15, 0.2) is 0 Å². The zero-order valence-corrected chi connectivity index (χ0v) is 10.8. The predicted molar refractivity (Wildman–Crippen MR) is 64.3 cm³/mol. The zero-order chi connectivity index (χ0) is 11.6. The highest BCUT2D eigenvalue weighted by atomic mass is 16.5.